The van der Waals surface area contributed by atoms with E-state index in [1.165, 1.54) is 24.0 Å². The fraction of sp³-hybridized carbons (Fsp3) is 0.733. The quantitative estimate of drug-likeness (QED) is 0.501. The molecule has 5 aliphatic rings. The van der Waals surface area contributed by atoms with Gasteiger partial charge in [-0.3, -0.25) is 9.80 Å². The Morgan fingerprint density at radius 3 is 2.14 bits per heavy atom. The number of hydrogen-bond acceptors (Lipinski definition) is 7. The SMILES string of the molecule is CC1CCC(c2ccoc2)N2C(O)CC3(CSC4(CCC5C(C)CCC(c6ccoc6)N5C4O)C3)CC12. The molecule has 0 aromatic carbocycles. The van der Waals surface area contributed by atoms with Crippen molar-refractivity contribution in [2.75, 3.05) is 5.75 Å². The van der Waals surface area contributed by atoms with E-state index in [9.17, 15) is 10.2 Å². The second kappa shape index (κ2) is 9.16. The number of furan rings is 2. The summed E-state index contributed by atoms with van der Waals surface area (Å²) in [6, 6.07) is 5.41. The molecule has 2 N–H and O–H groups in total. The number of fused-ring (bicyclic) bond motifs is 2. The van der Waals surface area contributed by atoms with E-state index >= 15 is 0 Å². The molecule has 0 amide bonds. The summed E-state index contributed by atoms with van der Waals surface area (Å²) < 4.78 is 10.7. The van der Waals surface area contributed by atoms with Crippen molar-refractivity contribution < 1.29 is 19.0 Å². The van der Waals surface area contributed by atoms with E-state index in [1.54, 1.807) is 12.5 Å². The minimum absolute atomic E-state index is 0.0815. The van der Waals surface area contributed by atoms with Gasteiger partial charge in [-0.25, -0.2) is 0 Å². The van der Waals surface area contributed by atoms with Crippen LogP contribution in [-0.2, 0) is 0 Å². The second-order valence-corrected chi connectivity index (χ2v) is 14.5. The monoisotopic (exact) mass is 526 g/mol. The van der Waals surface area contributed by atoms with E-state index in [1.807, 2.05) is 24.3 Å². The van der Waals surface area contributed by atoms with Crippen LogP contribution in [0.1, 0.15) is 94.8 Å². The first-order valence-corrected chi connectivity index (χ1v) is 15.5. The number of thioether (sulfide) groups is 1. The van der Waals surface area contributed by atoms with Crippen LogP contribution >= 0.6 is 11.8 Å². The molecule has 10 unspecified atom stereocenters. The molecule has 7 rings (SSSR count). The topological polar surface area (TPSA) is 73.2 Å². The lowest BCUT2D eigenvalue weighted by Gasteiger charge is -2.58. The minimum atomic E-state index is -0.462. The summed E-state index contributed by atoms with van der Waals surface area (Å²) in [6.45, 7) is 4.74. The molecular weight excluding hydrogens is 484 g/mol. The third-order valence-corrected chi connectivity index (χ3v) is 12.9. The zero-order valence-electron chi connectivity index (χ0n) is 22.2. The van der Waals surface area contributed by atoms with Crippen LogP contribution < -0.4 is 0 Å². The third kappa shape index (κ3) is 3.90. The molecule has 2 aromatic heterocycles. The number of hydrogen-bond donors (Lipinski definition) is 2. The Kier molecular flexibility index (Phi) is 6.13. The van der Waals surface area contributed by atoms with E-state index in [2.05, 4.69) is 35.8 Å². The lowest BCUT2D eigenvalue weighted by Crippen LogP contribution is -2.63. The van der Waals surface area contributed by atoms with Gasteiger partial charge in [0.25, 0.3) is 0 Å². The number of rotatable bonds is 2. The van der Waals surface area contributed by atoms with E-state index in [-0.39, 0.29) is 22.2 Å². The summed E-state index contributed by atoms with van der Waals surface area (Å²) in [7, 11) is 0. The fourth-order valence-electron chi connectivity index (χ4n) is 9.14. The highest BCUT2D eigenvalue weighted by Crippen LogP contribution is 2.63. The van der Waals surface area contributed by atoms with Crippen LogP contribution in [0.5, 0.6) is 0 Å². The standard InChI is InChI=1S/C30H42N2O4S/c1-19-3-6-25(22-9-12-36-16-22)32-23(19)7-10-30(28(32)34)17-29(18-37-30)13-26-20(2)4-5-24(21-8-11-35-15-21)31(26)27(33)14-29/h8-9,11-12,15-16,19-20,23-28,33-34H,3-7,10,13-14,17-18H2,1-2H3. The first-order chi connectivity index (χ1) is 17.9. The normalized spacial score (nSPS) is 46.8. The van der Waals surface area contributed by atoms with E-state index < -0.39 is 12.5 Å². The van der Waals surface area contributed by atoms with Crippen LogP contribution in [0.25, 0.3) is 0 Å². The van der Waals surface area contributed by atoms with Gasteiger partial charge in [0.05, 0.1) is 29.8 Å². The molecule has 7 heteroatoms. The summed E-state index contributed by atoms with van der Waals surface area (Å²) in [5.74, 6) is 2.20. The van der Waals surface area contributed by atoms with Crippen molar-refractivity contribution in [3.05, 3.63) is 48.3 Å². The van der Waals surface area contributed by atoms with Crippen LogP contribution in [0, 0.1) is 17.3 Å². The Labute approximate surface area is 224 Å². The molecule has 6 nitrogen and oxygen atoms in total. The largest absolute Gasteiger partial charge is 0.472 e. The molecule has 10 atom stereocenters. The Hall–Kier alpha value is -1.25. The predicted octanol–water partition coefficient (Wildman–Crippen LogP) is 5.94. The average Bonchev–Trinajstić information content (AvgIpc) is 3.66. The summed E-state index contributed by atoms with van der Waals surface area (Å²) in [5.41, 5.74) is 2.48. The predicted molar refractivity (Wildman–Crippen MR) is 144 cm³/mol. The van der Waals surface area contributed by atoms with Crippen LogP contribution in [0.2, 0.25) is 0 Å². The van der Waals surface area contributed by atoms with Crippen molar-refractivity contribution in [3.63, 3.8) is 0 Å². The van der Waals surface area contributed by atoms with Crippen molar-refractivity contribution in [1.82, 2.24) is 9.80 Å². The van der Waals surface area contributed by atoms with Crippen LogP contribution in [0.3, 0.4) is 0 Å². The molecule has 0 saturated carbocycles. The molecule has 5 aliphatic heterocycles. The smallest absolute Gasteiger partial charge is 0.122 e. The second-order valence-electron chi connectivity index (χ2n) is 13.1. The Bertz CT molecular complexity index is 1080. The Balaban J connectivity index is 1.15. The number of piperidine rings is 4. The molecule has 202 valence electrons. The van der Waals surface area contributed by atoms with Gasteiger partial charge < -0.3 is 19.0 Å². The highest BCUT2D eigenvalue weighted by Gasteiger charge is 2.61. The first-order valence-electron chi connectivity index (χ1n) is 14.5. The van der Waals surface area contributed by atoms with Crippen molar-refractivity contribution in [3.8, 4) is 0 Å². The maximum absolute atomic E-state index is 12.2. The van der Waals surface area contributed by atoms with Crippen molar-refractivity contribution >= 4 is 11.8 Å². The minimum Gasteiger partial charge on any atom is -0.472 e. The average molecular weight is 527 g/mol. The zero-order valence-corrected chi connectivity index (χ0v) is 23.0. The van der Waals surface area contributed by atoms with Gasteiger partial charge in [0.2, 0.25) is 0 Å². The molecule has 5 saturated heterocycles. The summed E-state index contributed by atoms with van der Waals surface area (Å²) in [6.07, 6.45) is 16.0. The van der Waals surface area contributed by atoms with Gasteiger partial charge >= 0.3 is 0 Å². The molecule has 0 aliphatic carbocycles. The fourth-order valence-corrected chi connectivity index (χ4v) is 11.0. The maximum atomic E-state index is 12.2. The van der Waals surface area contributed by atoms with Crippen LogP contribution in [0.15, 0.2) is 46.0 Å². The molecule has 7 heterocycles. The maximum Gasteiger partial charge on any atom is 0.122 e. The molecule has 37 heavy (non-hydrogen) atoms. The molecule has 2 aromatic rings. The summed E-state index contributed by atoms with van der Waals surface area (Å²) in [5, 5.41) is 23.8. The van der Waals surface area contributed by atoms with Crippen molar-refractivity contribution in [2.24, 2.45) is 17.3 Å². The lowest BCUT2D eigenvalue weighted by molar-refractivity contribution is -0.165. The number of nitrogens with zero attached hydrogens (tertiary/aromatic N) is 2. The number of aliphatic hydroxyl groups excluding tert-OH is 2. The highest BCUT2D eigenvalue weighted by molar-refractivity contribution is 8.01. The van der Waals surface area contributed by atoms with Gasteiger partial charge in [0, 0.05) is 35.3 Å². The van der Waals surface area contributed by atoms with Gasteiger partial charge in [-0.15, -0.1) is 0 Å². The summed E-state index contributed by atoms with van der Waals surface area (Å²) in [4.78, 5) is 4.88. The van der Waals surface area contributed by atoms with Gasteiger partial charge in [0.1, 0.15) is 12.5 Å². The zero-order chi connectivity index (χ0) is 25.4. The van der Waals surface area contributed by atoms with Gasteiger partial charge in [-0.1, -0.05) is 13.8 Å². The van der Waals surface area contributed by atoms with Crippen molar-refractivity contribution in [1.29, 1.82) is 0 Å². The van der Waals surface area contributed by atoms with Gasteiger partial charge in [-0.2, -0.15) is 11.8 Å². The molecule has 5 fully saturated rings. The molecule has 0 radical (unpaired) electrons. The first kappa shape index (κ1) is 24.8. The third-order valence-electron chi connectivity index (χ3n) is 11.0. The Morgan fingerprint density at radius 2 is 1.49 bits per heavy atom. The molecule has 0 bridgehead atoms. The number of aliphatic hydroxyl groups is 2. The van der Waals surface area contributed by atoms with Gasteiger partial charge in [-0.05, 0) is 92.9 Å². The summed E-state index contributed by atoms with van der Waals surface area (Å²) >= 11 is 2.02. The highest BCUT2D eigenvalue weighted by atomic mass is 32.2. The van der Waals surface area contributed by atoms with Gasteiger partial charge in [0.15, 0.2) is 0 Å². The van der Waals surface area contributed by atoms with E-state index in [0.29, 0.717) is 23.9 Å². The molecular formula is C30H42N2O4S. The Morgan fingerprint density at radius 1 is 0.838 bits per heavy atom. The van der Waals surface area contributed by atoms with Crippen LogP contribution in [-0.4, -0.2) is 55.1 Å². The molecule has 2 spiro atoms. The van der Waals surface area contributed by atoms with E-state index in [4.69, 9.17) is 8.83 Å². The lowest BCUT2D eigenvalue weighted by atomic mass is 9.64. The van der Waals surface area contributed by atoms with E-state index in [0.717, 1.165) is 50.7 Å². The van der Waals surface area contributed by atoms with Crippen molar-refractivity contribution in [2.45, 2.75) is 113 Å². The van der Waals surface area contributed by atoms with Crippen LogP contribution in [0.4, 0.5) is 0 Å².